The molecule has 138 valence electrons. The molecule has 0 spiro atoms. The van der Waals surface area contributed by atoms with E-state index in [1.807, 2.05) is 0 Å². The summed E-state index contributed by atoms with van der Waals surface area (Å²) in [5.41, 5.74) is 7.20. The van der Waals surface area contributed by atoms with Crippen LogP contribution in [0.4, 0.5) is 5.69 Å². The number of nitrogens with zero attached hydrogens (tertiary/aromatic N) is 1. The molecule has 0 saturated carbocycles. The molecule has 0 aromatic heterocycles. The van der Waals surface area contributed by atoms with E-state index in [1.54, 1.807) is 18.2 Å². The molecule has 2 heterocycles. The molecular formula is C18H22N4O4. The Morgan fingerprint density at radius 2 is 2.08 bits per heavy atom. The molecule has 26 heavy (non-hydrogen) atoms. The molecule has 0 radical (unpaired) electrons. The first-order valence-electron chi connectivity index (χ1n) is 8.77. The van der Waals surface area contributed by atoms with Crippen LogP contribution in [0.25, 0.3) is 0 Å². The molecule has 2 aliphatic rings. The summed E-state index contributed by atoms with van der Waals surface area (Å²) in [6.45, 7) is 0.781. The summed E-state index contributed by atoms with van der Waals surface area (Å²) in [6, 6.07) is 4.48. The first-order chi connectivity index (χ1) is 12.5. The number of hydrogen-bond donors (Lipinski definition) is 3. The van der Waals surface area contributed by atoms with Gasteiger partial charge in [0, 0.05) is 36.2 Å². The molecule has 4 N–H and O–H groups in total. The minimum atomic E-state index is -0.666. The zero-order valence-electron chi connectivity index (χ0n) is 14.4. The Hall–Kier alpha value is -2.74. The molecule has 8 heteroatoms. The summed E-state index contributed by atoms with van der Waals surface area (Å²) in [7, 11) is 0. The van der Waals surface area contributed by atoms with Crippen molar-refractivity contribution in [2.75, 3.05) is 11.9 Å². The largest absolute Gasteiger partial charge is 0.330 e. The highest BCUT2D eigenvalue weighted by Gasteiger charge is 2.39. The lowest BCUT2D eigenvalue weighted by atomic mass is 10.0. The summed E-state index contributed by atoms with van der Waals surface area (Å²) in [5, 5.41) is 5.13. The van der Waals surface area contributed by atoms with Gasteiger partial charge in [-0.25, -0.2) is 0 Å². The lowest BCUT2D eigenvalue weighted by Gasteiger charge is -2.29. The molecular weight excluding hydrogens is 336 g/mol. The lowest BCUT2D eigenvalue weighted by Crippen LogP contribution is -2.52. The van der Waals surface area contributed by atoms with Gasteiger partial charge in [0.05, 0.1) is 0 Å². The van der Waals surface area contributed by atoms with Crippen LogP contribution >= 0.6 is 0 Å². The summed E-state index contributed by atoms with van der Waals surface area (Å²) >= 11 is 0. The van der Waals surface area contributed by atoms with Crippen LogP contribution in [0, 0.1) is 0 Å². The predicted octanol–water partition coefficient (Wildman–Crippen LogP) is 0.515. The number of nitrogens with one attached hydrogen (secondary N) is 2. The summed E-state index contributed by atoms with van der Waals surface area (Å²) in [4.78, 5) is 49.7. The van der Waals surface area contributed by atoms with E-state index in [2.05, 4.69) is 10.6 Å². The second kappa shape index (κ2) is 7.65. The molecule has 1 unspecified atom stereocenters. The minimum absolute atomic E-state index is 0.126. The van der Waals surface area contributed by atoms with Crippen LogP contribution in [0.2, 0.25) is 0 Å². The number of carbonyl (C=O) groups is 4. The van der Waals surface area contributed by atoms with E-state index in [0.29, 0.717) is 42.6 Å². The molecule has 1 saturated heterocycles. The number of fused-ring (bicyclic) bond motifs is 1. The second-order valence-electron chi connectivity index (χ2n) is 6.53. The van der Waals surface area contributed by atoms with Crippen molar-refractivity contribution in [3.63, 3.8) is 0 Å². The second-order valence-corrected chi connectivity index (χ2v) is 6.53. The molecule has 1 atom stereocenters. The number of amides is 4. The molecule has 4 amide bonds. The van der Waals surface area contributed by atoms with Crippen molar-refractivity contribution in [3.8, 4) is 0 Å². The Kier molecular flexibility index (Phi) is 5.32. The molecule has 2 aliphatic heterocycles. The SMILES string of the molecule is NCCCCC(=O)Nc1cccc2c1CN(C1CCC(=O)NC1=O)C2=O. The summed E-state index contributed by atoms with van der Waals surface area (Å²) in [6.07, 6.45) is 2.37. The summed E-state index contributed by atoms with van der Waals surface area (Å²) < 4.78 is 0. The third-order valence-corrected chi connectivity index (χ3v) is 4.71. The van der Waals surface area contributed by atoms with Crippen LogP contribution < -0.4 is 16.4 Å². The van der Waals surface area contributed by atoms with Gasteiger partial charge in [0.2, 0.25) is 17.7 Å². The van der Waals surface area contributed by atoms with E-state index in [4.69, 9.17) is 5.73 Å². The van der Waals surface area contributed by atoms with E-state index in [9.17, 15) is 19.2 Å². The van der Waals surface area contributed by atoms with Crippen molar-refractivity contribution in [1.82, 2.24) is 10.2 Å². The third kappa shape index (κ3) is 3.60. The van der Waals surface area contributed by atoms with Crippen LogP contribution in [0.3, 0.4) is 0 Å². The van der Waals surface area contributed by atoms with Crippen molar-refractivity contribution in [1.29, 1.82) is 0 Å². The topological polar surface area (TPSA) is 122 Å². The molecule has 0 bridgehead atoms. The number of hydrogen-bond acceptors (Lipinski definition) is 5. The number of rotatable bonds is 6. The van der Waals surface area contributed by atoms with Crippen LogP contribution in [-0.4, -0.2) is 41.1 Å². The quantitative estimate of drug-likeness (QED) is 0.505. The van der Waals surface area contributed by atoms with Gasteiger partial charge in [-0.15, -0.1) is 0 Å². The van der Waals surface area contributed by atoms with Crippen LogP contribution in [0.15, 0.2) is 18.2 Å². The Labute approximate surface area is 151 Å². The zero-order valence-corrected chi connectivity index (χ0v) is 14.4. The maximum absolute atomic E-state index is 12.7. The molecule has 1 aromatic carbocycles. The van der Waals surface area contributed by atoms with Gasteiger partial charge in [0.25, 0.3) is 5.91 Å². The summed E-state index contributed by atoms with van der Waals surface area (Å²) in [5.74, 6) is -1.15. The normalized spacial score (nSPS) is 19.3. The first kappa shape index (κ1) is 18.1. The number of nitrogens with two attached hydrogens (primary N) is 1. The molecule has 1 aromatic rings. The van der Waals surface area contributed by atoms with E-state index >= 15 is 0 Å². The van der Waals surface area contributed by atoms with Gasteiger partial charge in [0.1, 0.15) is 6.04 Å². The van der Waals surface area contributed by atoms with E-state index in [-0.39, 0.29) is 30.7 Å². The van der Waals surface area contributed by atoms with Crippen LogP contribution in [-0.2, 0) is 20.9 Å². The van der Waals surface area contributed by atoms with E-state index in [0.717, 1.165) is 6.42 Å². The average Bonchev–Trinajstić information content (AvgIpc) is 2.93. The van der Waals surface area contributed by atoms with Crippen molar-refractivity contribution >= 4 is 29.3 Å². The van der Waals surface area contributed by atoms with Crippen molar-refractivity contribution < 1.29 is 19.2 Å². The van der Waals surface area contributed by atoms with Crippen LogP contribution in [0.5, 0.6) is 0 Å². The number of benzene rings is 1. The van der Waals surface area contributed by atoms with Crippen LogP contribution in [0.1, 0.15) is 48.0 Å². The Morgan fingerprint density at radius 1 is 1.27 bits per heavy atom. The number of unbranched alkanes of at least 4 members (excludes halogenated alkanes) is 1. The van der Waals surface area contributed by atoms with Gasteiger partial charge in [0.15, 0.2) is 0 Å². The highest BCUT2D eigenvalue weighted by molar-refractivity contribution is 6.06. The number of carbonyl (C=O) groups excluding carboxylic acids is 4. The third-order valence-electron chi connectivity index (χ3n) is 4.71. The highest BCUT2D eigenvalue weighted by Crippen LogP contribution is 2.32. The zero-order chi connectivity index (χ0) is 18.7. The van der Waals surface area contributed by atoms with E-state index < -0.39 is 11.9 Å². The Bertz CT molecular complexity index is 762. The molecule has 0 aliphatic carbocycles. The molecule has 8 nitrogen and oxygen atoms in total. The maximum Gasteiger partial charge on any atom is 0.255 e. The van der Waals surface area contributed by atoms with Gasteiger partial charge < -0.3 is 16.0 Å². The van der Waals surface area contributed by atoms with E-state index in [1.165, 1.54) is 4.90 Å². The maximum atomic E-state index is 12.7. The fourth-order valence-electron chi connectivity index (χ4n) is 3.35. The fourth-order valence-corrected chi connectivity index (χ4v) is 3.35. The number of anilines is 1. The Balaban J connectivity index is 1.74. The molecule has 1 fully saturated rings. The van der Waals surface area contributed by atoms with Gasteiger partial charge in [-0.3, -0.25) is 24.5 Å². The fraction of sp³-hybridized carbons (Fsp3) is 0.444. The standard InChI is InChI=1S/C18H22N4O4/c19-9-2-1-6-15(23)20-13-5-3-4-11-12(13)10-22(18(11)26)14-7-8-16(24)21-17(14)25/h3-5,14H,1-2,6-10,19H2,(H,20,23)(H,21,24,25). The smallest absolute Gasteiger partial charge is 0.255 e. The average molecular weight is 358 g/mol. The number of imide groups is 1. The molecule has 3 rings (SSSR count). The van der Waals surface area contributed by atoms with Crippen molar-refractivity contribution in [2.24, 2.45) is 5.73 Å². The number of piperidine rings is 1. The highest BCUT2D eigenvalue weighted by atomic mass is 16.2. The first-order valence-corrected chi connectivity index (χ1v) is 8.77. The Morgan fingerprint density at radius 3 is 2.81 bits per heavy atom. The monoisotopic (exact) mass is 358 g/mol. The van der Waals surface area contributed by atoms with Crippen molar-refractivity contribution in [2.45, 2.75) is 44.7 Å². The van der Waals surface area contributed by atoms with Crippen molar-refractivity contribution in [3.05, 3.63) is 29.3 Å². The predicted molar refractivity (Wildman–Crippen MR) is 94.0 cm³/mol. The van der Waals surface area contributed by atoms with Gasteiger partial charge in [-0.2, -0.15) is 0 Å². The lowest BCUT2D eigenvalue weighted by molar-refractivity contribution is -0.137. The minimum Gasteiger partial charge on any atom is -0.330 e. The van der Waals surface area contributed by atoms with Gasteiger partial charge in [-0.05, 0) is 37.9 Å². The van der Waals surface area contributed by atoms with Gasteiger partial charge in [-0.1, -0.05) is 6.07 Å². The van der Waals surface area contributed by atoms with Gasteiger partial charge >= 0.3 is 0 Å².